The van der Waals surface area contributed by atoms with Gasteiger partial charge in [-0.15, -0.1) is 0 Å². The van der Waals surface area contributed by atoms with Crippen molar-refractivity contribution in [1.29, 1.82) is 5.26 Å². The van der Waals surface area contributed by atoms with E-state index in [1.165, 1.54) is 30.3 Å². The first-order valence-electron chi connectivity index (χ1n) is 7.53. The van der Waals surface area contributed by atoms with E-state index in [-0.39, 0.29) is 12.4 Å². The van der Waals surface area contributed by atoms with Crippen LogP contribution >= 0.6 is 27.7 Å². The molecule has 0 unspecified atom stereocenters. The lowest BCUT2D eigenvalue weighted by Gasteiger charge is -2.06. The van der Waals surface area contributed by atoms with Crippen molar-refractivity contribution >= 4 is 45.4 Å². The SMILES string of the molecule is N#C/C(=C\c1cc(Br)c2c(c1)OCO2)C(=O)Nc1ccc(SC(F)F)cc1. The number of benzene rings is 2. The first kappa shape index (κ1) is 19.2. The Morgan fingerprint density at radius 3 is 2.70 bits per heavy atom. The lowest BCUT2D eigenvalue weighted by molar-refractivity contribution is -0.112. The van der Waals surface area contributed by atoms with Crippen LogP contribution in [0.4, 0.5) is 14.5 Å². The first-order valence-corrected chi connectivity index (χ1v) is 9.20. The molecule has 1 aliphatic rings. The standard InChI is InChI=1S/C18H11BrF2N2O3S/c19-14-6-10(7-15-16(14)26-9-25-15)5-11(8-22)17(24)23-12-1-3-13(4-2-12)27-18(20)21/h1-7,18H,9H2,(H,23,24)/b11-5+. The van der Waals surface area contributed by atoms with Gasteiger partial charge in [-0.3, -0.25) is 4.79 Å². The average Bonchev–Trinajstić information content (AvgIpc) is 3.10. The molecule has 27 heavy (non-hydrogen) atoms. The highest BCUT2D eigenvalue weighted by molar-refractivity contribution is 9.10. The zero-order chi connectivity index (χ0) is 19.4. The smallest absolute Gasteiger partial charge is 0.288 e. The zero-order valence-electron chi connectivity index (χ0n) is 13.5. The second-order valence-corrected chi connectivity index (χ2v) is 7.18. The number of nitrogens with zero attached hydrogens (tertiary/aromatic N) is 1. The molecule has 0 fully saturated rings. The molecule has 0 aliphatic carbocycles. The lowest BCUT2D eigenvalue weighted by atomic mass is 10.1. The molecule has 0 saturated heterocycles. The normalized spacial score (nSPS) is 12.8. The van der Waals surface area contributed by atoms with Gasteiger partial charge in [0.25, 0.3) is 11.7 Å². The number of fused-ring (bicyclic) bond motifs is 1. The van der Waals surface area contributed by atoms with Gasteiger partial charge in [0.2, 0.25) is 6.79 Å². The number of carbonyl (C=O) groups is 1. The topological polar surface area (TPSA) is 71.3 Å². The van der Waals surface area contributed by atoms with E-state index in [9.17, 15) is 18.8 Å². The molecule has 2 aromatic rings. The van der Waals surface area contributed by atoms with Crippen LogP contribution in [0.15, 0.2) is 51.3 Å². The molecule has 0 bridgehead atoms. The minimum absolute atomic E-state index is 0.104. The Balaban J connectivity index is 1.75. The number of ether oxygens (including phenoxy) is 2. The molecule has 0 saturated carbocycles. The maximum absolute atomic E-state index is 12.3. The van der Waals surface area contributed by atoms with Crippen LogP contribution in [0.1, 0.15) is 5.56 Å². The Kier molecular flexibility index (Phi) is 5.98. The summed E-state index contributed by atoms with van der Waals surface area (Å²) in [6.07, 6.45) is 1.42. The van der Waals surface area contributed by atoms with Crippen molar-refractivity contribution in [3.05, 3.63) is 52.0 Å². The van der Waals surface area contributed by atoms with Crippen LogP contribution < -0.4 is 14.8 Å². The molecule has 1 amide bonds. The van der Waals surface area contributed by atoms with Crippen molar-refractivity contribution in [3.8, 4) is 17.6 Å². The predicted molar refractivity (Wildman–Crippen MR) is 101 cm³/mol. The second-order valence-electron chi connectivity index (χ2n) is 5.26. The Hall–Kier alpha value is -2.57. The molecule has 1 heterocycles. The monoisotopic (exact) mass is 452 g/mol. The van der Waals surface area contributed by atoms with Gasteiger partial charge in [0.05, 0.1) is 4.47 Å². The summed E-state index contributed by atoms with van der Waals surface area (Å²) in [5.74, 6) is -2.04. The number of hydrogen-bond acceptors (Lipinski definition) is 5. The van der Waals surface area contributed by atoms with Crippen LogP contribution in [0.25, 0.3) is 6.08 Å². The highest BCUT2D eigenvalue weighted by Gasteiger charge is 2.18. The number of rotatable bonds is 5. The number of hydrogen-bond donors (Lipinski definition) is 1. The quantitative estimate of drug-likeness (QED) is 0.390. The van der Waals surface area contributed by atoms with E-state index in [2.05, 4.69) is 21.2 Å². The molecule has 0 spiro atoms. The molecule has 1 N–H and O–H groups in total. The minimum atomic E-state index is -2.51. The number of nitriles is 1. The molecular weight excluding hydrogens is 442 g/mol. The van der Waals surface area contributed by atoms with E-state index in [0.29, 0.717) is 43.9 Å². The van der Waals surface area contributed by atoms with E-state index in [1.54, 1.807) is 12.1 Å². The minimum Gasteiger partial charge on any atom is -0.454 e. The Labute approximate surface area is 166 Å². The third-order valence-electron chi connectivity index (χ3n) is 3.46. The molecule has 3 rings (SSSR count). The average molecular weight is 453 g/mol. The summed E-state index contributed by atoms with van der Waals surface area (Å²) in [5.41, 5.74) is 0.861. The van der Waals surface area contributed by atoms with Crippen molar-refractivity contribution in [3.63, 3.8) is 0 Å². The van der Waals surface area contributed by atoms with Crippen LogP contribution in [-0.4, -0.2) is 18.5 Å². The molecule has 1 aliphatic heterocycles. The van der Waals surface area contributed by atoms with E-state index >= 15 is 0 Å². The van der Waals surface area contributed by atoms with Crippen molar-refractivity contribution < 1.29 is 23.0 Å². The lowest BCUT2D eigenvalue weighted by Crippen LogP contribution is -2.13. The molecular formula is C18H11BrF2N2O3S. The van der Waals surface area contributed by atoms with Crippen LogP contribution in [0.3, 0.4) is 0 Å². The van der Waals surface area contributed by atoms with Gasteiger partial charge >= 0.3 is 0 Å². The van der Waals surface area contributed by atoms with Crippen molar-refractivity contribution in [2.75, 3.05) is 12.1 Å². The summed E-state index contributed by atoms with van der Waals surface area (Å²) in [6.45, 7) is 0.104. The molecule has 0 aromatic heterocycles. The Morgan fingerprint density at radius 1 is 1.30 bits per heavy atom. The Bertz CT molecular complexity index is 943. The van der Waals surface area contributed by atoms with E-state index in [1.807, 2.05) is 6.07 Å². The van der Waals surface area contributed by atoms with Gasteiger partial charge in [-0.2, -0.15) is 14.0 Å². The van der Waals surface area contributed by atoms with Gasteiger partial charge in [0, 0.05) is 10.6 Å². The number of carbonyl (C=O) groups excluding carboxylic acids is 1. The maximum atomic E-state index is 12.3. The highest BCUT2D eigenvalue weighted by atomic mass is 79.9. The highest BCUT2D eigenvalue weighted by Crippen LogP contribution is 2.40. The number of alkyl halides is 2. The van der Waals surface area contributed by atoms with Crippen LogP contribution in [0, 0.1) is 11.3 Å². The molecule has 138 valence electrons. The maximum Gasteiger partial charge on any atom is 0.288 e. The number of thioether (sulfide) groups is 1. The summed E-state index contributed by atoms with van der Waals surface area (Å²) in [6, 6.07) is 11.1. The summed E-state index contributed by atoms with van der Waals surface area (Å²) >= 11 is 3.76. The summed E-state index contributed by atoms with van der Waals surface area (Å²) in [5, 5.41) is 11.9. The number of amides is 1. The van der Waals surface area contributed by atoms with Gasteiger partial charge in [-0.1, -0.05) is 11.8 Å². The van der Waals surface area contributed by atoms with Gasteiger partial charge in [-0.05, 0) is 64.0 Å². The Morgan fingerprint density at radius 2 is 2.04 bits per heavy atom. The van der Waals surface area contributed by atoms with Gasteiger partial charge < -0.3 is 14.8 Å². The molecule has 2 aromatic carbocycles. The summed E-state index contributed by atoms with van der Waals surface area (Å²) < 4.78 is 35.9. The number of anilines is 1. The van der Waals surface area contributed by atoms with E-state index < -0.39 is 11.7 Å². The van der Waals surface area contributed by atoms with Crippen molar-refractivity contribution in [2.45, 2.75) is 10.7 Å². The van der Waals surface area contributed by atoms with Crippen molar-refractivity contribution in [2.24, 2.45) is 0 Å². The van der Waals surface area contributed by atoms with Gasteiger partial charge in [0.15, 0.2) is 11.5 Å². The zero-order valence-corrected chi connectivity index (χ0v) is 15.9. The van der Waals surface area contributed by atoms with Gasteiger partial charge in [-0.25, -0.2) is 0 Å². The fourth-order valence-electron chi connectivity index (χ4n) is 2.30. The number of halogens is 3. The van der Waals surface area contributed by atoms with E-state index in [4.69, 9.17) is 9.47 Å². The summed E-state index contributed by atoms with van der Waals surface area (Å²) in [7, 11) is 0. The molecule has 9 heteroatoms. The van der Waals surface area contributed by atoms with Crippen molar-refractivity contribution in [1.82, 2.24) is 0 Å². The molecule has 0 atom stereocenters. The number of nitrogens with one attached hydrogen (secondary N) is 1. The van der Waals surface area contributed by atoms with Crippen LogP contribution in [0.5, 0.6) is 11.5 Å². The summed E-state index contributed by atoms with van der Waals surface area (Å²) in [4.78, 5) is 12.7. The van der Waals surface area contributed by atoms with Crippen LogP contribution in [0.2, 0.25) is 0 Å². The fraction of sp³-hybridized carbons (Fsp3) is 0.111. The van der Waals surface area contributed by atoms with Crippen LogP contribution in [-0.2, 0) is 4.79 Å². The fourth-order valence-corrected chi connectivity index (χ4v) is 3.38. The second kappa shape index (κ2) is 8.41. The van der Waals surface area contributed by atoms with Gasteiger partial charge in [0.1, 0.15) is 11.6 Å². The third-order valence-corrected chi connectivity index (χ3v) is 4.77. The van der Waals surface area contributed by atoms with E-state index in [0.717, 1.165) is 0 Å². The largest absolute Gasteiger partial charge is 0.454 e. The predicted octanol–water partition coefficient (Wildman–Crippen LogP) is 5.04. The third kappa shape index (κ3) is 4.78. The molecule has 0 radical (unpaired) electrons. The molecule has 5 nitrogen and oxygen atoms in total. The first-order chi connectivity index (χ1) is 13.0.